The summed E-state index contributed by atoms with van der Waals surface area (Å²) in [6, 6.07) is 0. The zero-order valence-electron chi connectivity index (χ0n) is 7.21. The fraction of sp³-hybridized carbons (Fsp3) is 0.875. The van der Waals surface area contributed by atoms with Crippen LogP contribution in [0.15, 0.2) is 0 Å². The van der Waals surface area contributed by atoms with Crippen molar-refractivity contribution in [1.82, 2.24) is 4.90 Å². The Kier molecular flexibility index (Phi) is 2.49. The first-order valence-corrected chi connectivity index (χ1v) is 4.10. The molecule has 11 heavy (non-hydrogen) atoms. The maximum atomic E-state index is 10.7. The summed E-state index contributed by atoms with van der Waals surface area (Å²) in [5, 5.41) is 0. The Labute approximate surface area is 67.5 Å². The largest absolute Gasteiger partial charge is 0.342 e. The van der Waals surface area contributed by atoms with Crippen LogP contribution in [0.5, 0.6) is 0 Å². The highest BCUT2D eigenvalue weighted by Gasteiger charge is 2.45. The topological polar surface area (TPSA) is 46.3 Å². The summed E-state index contributed by atoms with van der Waals surface area (Å²) in [4.78, 5) is 12.7. The Balaban J connectivity index is 0.000000281. The zero-order valence-corrected chi connectivity index (χ0v) is 7.21. The van der Waals surface area contributed by atoms with Crippen molar-refractivity contribution in [3.8, 4) is 0 Å². The lowest BCUT2D eigenvalue weighted by Gasteiger charge is -2.14. The van der Waals surface area contributed by atoms with Gasteiger partial charge in [0.2, 0.25) is 5.91 Å². The molecule has 3 nitrogen and oxygen atoms in total. The number of nitrogens with zero attached hydrogens (tertiary/aromatic N) is 1. The highest BCUT2D eigenvalue weighted by molar-refractivity contribution is 5.73. The summed E-state index contributed by atoms with van der Waals surface area (Å²) in [6.45, 7) is 3.74. The van der Waals surface area contributed by atoms with Crippen LogP contribution >= 0.6 is 0 Å². The summed E-state index contributed by atoms with van der Waals surface area (Å²) >= 11 is 0. The molecule has 1 saturated heterocycles. The molecule has 1 aliphatic heterocycles. The van der Waals surface area contributed by atoms with Crippen LogP contribution in [0.1, 0.15) is 13.3 Å². The molecule has 0 aromatic rings. The normalized spacial score (nSPS) is 32.1. The third kappa shape index (κ3) is 1.71. The SMILES string of the molecule is CC(=O)N1CC2CC2C1.CN. The van der Waals surface area contributed by atoms with Gasteiger partial charge in [0.1, 0.15) is 0 Å². The smallest absolute Gasteiger partial charge is 0.219 e. The Morgan fingerprint density at radius 1 is 1.36 bits per heavy atom. The second kappa shape index (κ2) is 3.22. The molecular weight excluding hydrogens is 140 g/mol. The van der Waals surface area contributed by atoms with E-state index < -0.39 is 0 Å². The van der Waals surface area contributed by atoms with Crippen molar-refractivity contribution in [3.63, 3.8) is 0 Å². The van der Waals surface area contributed by atoms with E-state index in [1.165, 1.54) is 13.5 Å². The van der Waals surface area contributed by atoms with Crippen LogP contribution in [-0.2, 0) is 4.79 Å². The van der Waals surface area contributed by atoms with Crippen LogP contribution in [-0.4, -0.2) is 30.9 Å². The van der Waals surface area contributed by atoms with Crippen molar-refractivity contribution in [1.29, 1.82) is 0 Å². The van der Waals surface area contributed by atoms with E-state index in [1.807, 2.05) is 4.90 Å². The lowest BCUT2D eigenvalue weighted by atomic mass is 10.4. The molecule has 0 radical (unpaired) electrons. The zero-order chi connectivity index (χ0) is 8.43. The standard InChI is InChI=1S/C7H11NO.CH5N/c1-5(9)8-3-6-2-7(6)4-8;1-2/h6-7H,2-4H2,1H3;2H2,1H3. The molecule has 2 aliphatic rings. The first kappa shape index (κ1) is 8.53. The minimum atomic E-state index is 0.252. The third-order valence-corrected chi connectivity index (χ3v) is 2.42. The monoisotopic (exact) mass is 156 g/mol. The lowest BCUT2D eigenvalue weighted by Crippen LogP contribution is -2.27. The van der Waals surface area contributed by atoms with Crippen molar-refractivity contribution >= 4 is 5.91 Å². The van der Waals surface area contributed by atoms with Crippen LogP contribution in [0.2, 0.25) is 0 Å². The molecule has 3 heteroatoms. The molecule has 2 fully saturated rings. The summed E-state index contributed by atoms with van der Waals surface area (Å²) < 4.78 is 0. The number of rotatable bonds is 0. The summed E-state index contributed by atoms with van der Waals surface area (Å²) in [5.41, 5.74) is 4.50. The van der Waals surface area contributed by atoms with Crippen molar-refractivity contribution in [2.45, 2.75) is 13.3 Å². The van der Waals surface area contributed by atoms with Crippen LogP contribution in [0.3, 0.4) is 0 Å². The molecule has 64 valence electrons. The first-order valence-electron chi connectivity index (χ1n) is 4.10. The molecule has 0 aromatic carbocycles. The highest BCUT2D eigenvalue weighted by atomic mass is 16.2. The van der Waals surface area contributed by atoms with Gasteiger partial charge in [-0.15, -0.1) is 0 Å². The van der Waals surface area contributed by atoms with Gasteiger partial charge in [0, 0.05) is 20.0 Å². The van der Waals surface area contributed by atoms with E-state index in [9.17, 15) is 4.79 Å². The van der Waals surface area contributed by atoms with Crippen molar-refractivity contribution in [3.05, 3.63) is 0 Å². The molecule has 0 bridgehead atoms. The highest BCUT2D eigenvalue weighted by Crippen LogP contribution is 2.44. The predicted octanol–water partition coefficient (Wildman–Crippen LogP) is 0.0595. The molecule has 2 atom stereocenters. The molecule has 1 aliphatic carbocycles. The van der Waals surface area contributed by atoms with Crippen LogP contribution in [0, 0.1) is 11.8 Å². The van der Waals surface area contributed by atoms with Crippen LogP contribution in [0.25, 0.3) is 0 Å². The molecule has 2 N–H and O–H groups in total. The van der Waals surface area contributed by atoms with E-state index in [1.54, 1.807) is 6.92 Å². The van der Waals surface area contributed by atoms with Crippen LogP contribution < -0.4 is 5.73 Å². The second-order valence-electron chi connectivity index (χ2n) is 3.18. The van der Waals surface area contributed by atoms with E-state index >= 15 is 0 Å². The van der Waals surface area contributed by atoms with E-state index in [0.717, 1.165) is 24.9 Å². The maximum Gasteiger partial charge on any atom is 0.219 e. The number of amides is 1. The number of hydrogen-bond acceptors (Lipinski definition) is 2. The predicted molar refractivity (Wildman–Crippen MR) is 44.0 cm³/mol. The van der Waals surface area contributed by atoms with Gasteiger partial charge in [-0.1, -0.05) is 0 Å². The van der Waals surface area contributed by atoms with Gasteiger partial charge < -0.3 is 10.6 Å². The first-order chi connectivity index (χ1) is 5.27. The Morgan fingerprint density at radius 3 is 2.09 bits per heavy atom. The number of piperidine rings is 1. The summed E-state index contributed by atoms with van der Waals surface area (Å²) in [6.07, 6.45) is 1.38. The average molecular weight is 156 g/mol. The fourth-order valence-electron chi connectivity index (χ4n) is 1.66. The van der Waals surface area contributed by atoms with Gasteiger partial charge in [0.15, 0.2) is 0 Å². The van der Waals surface area contributed by atoms with Crippen molar-refractivity contribution in [2.75, 3.05) is 20.1 Å². The molecular formula is C8H16N2O. The molecule has 2 unspecified atom stereocenters. The summed E-state index contributed by atoms with van der Waals surface area (Å²) in [5.74, 6) is 2.02. The summed E-state index contributed by atoms with van der Waals surface area (Å²) in [7, 11) is 1.50. The van der Waals surface area contributed by atoms with Crippen molar-refractivity contribution in [2.24, 2.45) is 17.6 Å². The van der Waals surface area contributed by atoms with E-state index in [4.69, 9.17) is 0 Å². The number of nitrogens with two attached hydrogens (primary N) is 1. The minimum Gasteiger partial charge on any atom is -0.342 e. The molecule has 1 amide bonds. The molecule has 0 spiro atoms. The van der Waals surface area contributed by atoms with Crippen molar-refractivity contribution < 1.29 is 4.79 Å². The van der Waals surface area contributed by atoms with Gasteiger partial charge in [-0.2, -0.15) is 0 Å². The molecule has 2 rings (SSSR count). The Morgan fingerprint density at radius 2 is 1.82 bits per heavy atom. The number of likely N-dealkylation sites (tertiary alicyclic amines) is 1. The number of fused-ring (bicyclic) bond motifs is 1. The Bertz CT molecular complexity index is 148. The van der Waals surface area contributed by atoms with E-state index in [0.29, 0.717) is 0 Å². The number of carbonyl (C=O) groups is 1. The molecule has 1 saturated carbocycles. The van der Waals surface area contributed by atoms with E-state index in [-0.39, 0.29) is 5.91 Å². The second-order valence-corrected chi connectivity index (χ2v) is 3.18. The lowest BCUT2D eigenvalue weighted by molar-refractivity contribution is -0.128. The minimum absolute atomic E-state index is 0.252. The van der Waals surface area contributed by atoms with Gasteiger partial charge in [-0.3, -0.25) is 4.79 Å². The van der Waals surface area contributed by atoms with Gasteiger partial charge in [0.25, 0.3) is 0 Å². The van der Waals surface area contributed by atoms with E-state index in [2.05, 4.69) is 5.73 Å². The quantitative estimate of drug-likeness (QED) is 0.539. The van der Waals surface area contributed by atoms with Gasteiger partial charge in [-0.05, 0) is 25.3 Å². The fourth-order valence-corrected chi connectivity index (χ4v) is 1.66. The Hall–Kier alpha value is -0.570. The van der Waals surface area contributed by atoms with Crippen LogP contribution in [0.4, 0.5) is 0 Å². The molecule has 1 heterocycles. The maximum absolute atomic E-state index is 10.7. The average Bonchev–Trinajstić information content (AvgIpc) is 2.63. The van der Waals surface area contributed by atoms with Gasteiger partial charge in [0.05, 0.1) is 0 Å². The number of hydrogen-bond donors (Lipinski definition) is 1. The molecule has 0 aromatic heterocycles. The third-order valence-electron chi connectivity index (χ3n) is 2.42. The number of carbonyl (C=O) groups excluding carboxylic acids is 1. The van der Waals surface area contributed by atoms with Gasteiger partial charge in [-0.25, -0.2) is 0 Å². The van der Waals surface area contributed by atoms with Gasteiger partial charge >= 0.3 is 0 Å².